The molecule has 1 aromatic carbocycles. The Labute approximate surface area is 146 Å². The van der Waals surface area contributed by atoms with Crippen molar-refractivity contribution in [3.8, 4) is 11.5 Å². The van der Waals surface area contributed by atoms with E-state index in [0.29, 0.717) is 56.5 Å². The van der Waals surface area contributed by atoms with Crippen LogP contribution in [0.5, 0.6) is 11.5 Å². The molecule has 1 amide bonds. The number of nitrogens with zero attached hydrogens (tertiary/aromatic N) is 3. The minimum absolute atomic E-state index is 0.0818. The molecule has 2 aliphatic heterocycles. The average molecular weight is 343 g/mol. The zero-order chi connectivity index (χ0) is 17.2. The van der Waals surface area contributed by atoms with E-state index in [9.17, 15) is 4.79 Å². The first-order valence-electron chi connectivity index (χ1n) is 8.56. The van der Waals surface area contributed by atoms with E-state index < -0.39 is 0 Å². The van der Waals surface area contributed by atoms with Gasteiger partial charge in [0, 0.05) is 19.3 Å². The number of benzene rings is 1. The summed E-state index contributed by atoms with van der Waals surface area (Å²) in [6.07, 6.45) is 1.67. The molecule has 2 aliphatic rings. The van der Waals surface area contributed by atoms with Crippen molar-refractivity contribution in [1.29, 1.82) is 0 Å². The third-order valence-electron chi connectivity index (χ3n) is 4.44. The van der Waals surface area contributed by atoms with Crippen molar-refractivity contribution in [2.24, 2.45) is 0 Å². The summed E-state index contributed by atoms with van der Waals surface area (Å²) in [6, 6.07) is 7.37. The van der Waals surface area contributed by atoms with Gasteiger partial charge >= 0.3 is 0 Å². The Morgan fingerprint density at radius 2 is 2.16 bits per heavy atom. The van der Waals surface area contributed by atoms with Crippen LogP contribution >= 0.6 is 0 Å². The molecule has 0 saturated heterocycles. The normalized spacial score (nSPS) is 19.2. The van der Waals surface area contributed by atoms with E-state index in [2.05, 4.69) is 5.10 Å². The smallest absolute Gasteiger partial charge is 0.258 e. The number of hydrogen-bond acceptors (Lipinski definition) is 5. The van der Waals surface area contributed by atoms with Crippen LogP contribution < -0.4 is 9.47 Å². The van der Waals surface area contributed by atoms with Crippen LogP contribution in [-0.4, -0.2) is 53.1 Å². The molecule has 2 aromatic rings. The number of carbonyl (C=O) groups is 1. The van der Waals surface area contributed by atoms with Crippen LogP contribution in [0.25, 0.3) is 0 Å². The lowest BCUT2D eigenvalue weighted by Gasteiger charge is -2.26. The van der Waals surface area contributed by atoms with E-state index in [1.54, 1.807) is 17.2 Å². The van der Waals surface area contributed by atoms with Crippen LogP contribution in [0.2, 0.25) is 0 Å². The molecule has 0 spiro atoms. The molecule has 0 saturated carbocycles. The number of carbonyl (C=O) groups excluding carboxylic acids is 1. The average Bonchev–Trinajstić information content (AvgIpc) is 2.99. The van der Waals surface area contributed by atoms with Gasteiger partial charge in [-0.2, -0.15) is 5.10 Å². The maximum Gasteiger partial charge on any atom is 0.258 e. The molecule has 0 bridgehead atoms. The quantitative estimate of drug-likeness (QED) is 0.849. The van der Waals surface area contributed by atoms with Crippen LogP contribution in [0.15, 0.2) is 30.5 Å². The van der Waals surface area contributed by atoms with Gasteiger partial charge in [0.25, 0.3) is 5.91 Å². The molecule has 0 unspecified atom stereocenters. The predicted molar refractivity (Wildman–Crippen MR) is 89.8 cm³/mol. The second-order valence-corrected chi connectivity index (χ2v) is 6.10. The van der Waals surface area contributed by atoms with Gasteiger partial charge in [0.05, 0.1) is 30.5 Å². The lowest BCUT2D eigenvalue weighted by Crippen LogP contribution is -2.37. The van der Waals surface area contributed by atoms with Gasteiger partial charge in [0.2, 0.25) is 0 Å². The molecule has 0 N–H and O–H groups in total. The number of ether oxygens (including phenoxy) is 3. The number of para-hydroxylation sites is 1. The van der Waals surface area contributed by atoms with Gasteiger partial charge in [-0.3, -0.25) is 9.48 Å². The van der Waals surface area contributed by atoms with Crippen LogP contribution in [-0.2, 0) is 17.8 Å². The number of aromatic nitrogens is 2. The molecule has 0 radical (unpaired) electrons. The van der Waals surface area contributed by atoms with Gasteiger partial charge in [-0.1, -0.05) is 6.07 Å². The molecule has 7 nitrogen and oxygen atoms in total. The van der Waals surface area contributed by atoms with Crippen LogP contribution in [0.4, 0.5) is 0 Å². The Balaban J connectivity index is 1.65. The van der Waals surface area contributed by atoms with Crippen LogP contribution in [0, 0.1) is 0 Å². The SMILES string of the molecule is CCO[C@@H]1CN(C(=O)c2cccc3c2OCCO3)Cc2ccnn2C1. The summed E-state index contributed by atoms with van der Waals surface area (Å²) in [7, 11) is 0. The third-order valence-corrected chi connectivity index (χ3v) is 4.44. The summed E-state index contributed by atoms with van der Waals surface area (Å²) in [6.45, 7) is 5.16. The van der Waals surface area contributed by atoms with Crippen LogP contribution in [0.3, 0.4) is 0 Å². The molecule has 3 heterocycles. The highest BCUT2D eigenvalue weighted by Gasteiger charge is 2.29. The van der Waals surface area contributed by atoms with Gasteiger partial charge in [0.15, 0.2) is 11.5 Å². The maximum atomic E-state index is 13.2. The zero-order valence-corrected chi connectivity index (χ0v) is 14.2. The number of fused-ring (bicyclic) bond motifs is 2. The predicted octanol–water partition coefficient (Wildman–Crippen LogP) is 1.72. The first kappa shape index (κ1) is 16.0. The largest absolute Gasteiger partial charge is 0.486 e. The highest BCUT2D eigenvalue weighted by atomic mass is 16.6. The fourth-order valence-electron chi connectivity index (χ4n) is 3.32. The van der Waals surface area contributed by atoms with Crippen molar-refractivity contribution in [2.75, 3.05) is 26.4 Å². The summed E-state index contributed by atoms with van der Waals surface area (Å²) >= 11 is 0. The Bertz CT molecular complexity index is 773. The summed E-state index contributed by atoms with van der Waals surface area (Å²) in [4.78, 5) is 15.0. The summed E-state index contributed by atoms with van der Waals surface area (Å²) in [5, 5.41) is 4.34. The molecular weight excluding hydrogens is 322 g/mol. The lowest BCUT2D eigenvalue weighted by atomic mass is 10.1. The van der Waals surface area contributed by atoms with E-state index in [4.69, 9.17) is 14.2 Å². The Kier molecular flexibility index (Phi) is 4.31. The fraction of sp³-hybridized carbons (Fsp3) is 0.444. The standard InChI is InChI=1S/C18H21N3O4/c1-2-23-14-11-20(10-13-6-7-19-21(13)12-14)18(22)15-4-3-5-16-17(15)25-9-8-24-16/h3-7,14H,2,8-12H2,1H3/t14-/m1/s1. The second-order valence-electron chi connectivity index (χ2n) is 6.10. The van der Waals surface area contributed by atoms with Gasteiger partial charge in [0.1, 0.15) is 13.2 Å². The number of rotatable bonds is 3. The minimum atomic E-state index is -0.0909. The summed E-state index contributed by atoms with van der Waals surface area (Å²) < 4.78 is 19.0. The molecule has 0 fully saturated rings. The van der Waals surface area contributed by atoms with E-state index in [0.717, 1.165) is 5.69 Å². The highest BCUT2D eigenvalue weighted by molar-refractivity contribution is 5.98. The lowest BCUT2D eigenvalue weighted by molar-refractivity contribution is 0.0243. The topological polar surface area (TPSA) is 65.8 Å². The van der Waals surface area contributed by atoms with E-state index >= 15 is 0 Å². The van der Waals surface area contributed by atoms with Crippen molar-refractivity contribution >= 4 is 5.91 Å². The monoisotopic (exact) mass is 343 g/mol. The Hall–Kier alpha value is -2.54. The molecule has 0 aliphatic carbocycles. The van der Waals surface area contributed by atoms with Crippen molar-refractivity contribution in [3.05, 3.63) is 41.7 Å². The second kappa shape index (κ2) is 6.76. The molecule has 25 heavy (non-hydrogen) atoms. The molecule has 7 heteroatoms. The van der Waals surface area contributed by atoms with Crippen molar-refractivity contribution in [3.63, 3.8) is 0 Å². The third kappa shape index (κ3) is 3.07. The molecule has 4 rings (SSSR count). The Morgan fingerprint density at radius 3 is 3.04 bits per heavy atom. The van der Waals surface area contributed by atoms with Gasteiger partial charge in [-0.25, -0.2) is 0 Å². The summed E-state index contributed by atoms with van der Waals surface area (Å²) in [5.41, 5.74) is 1.53. The minimum Gasteiger partial charge on any atom is -0.486 e. The molecule has 1 aromatic heterocycles. The van der Waals surface area contributed by atoms with E-state index in [-0.39, 0.29) is 12.0 Å². The first-order valence-corrected chi connectivity index (χ1v) is 8.56. The van der Waals surface area contributed by atoms with Crippen molar-refractivity contribution in [1.82, 2.24) is 14.7 Å². The molecule has 1 atom stereocenters. The van der Waals surface area contributed by atoms with Gasteiger partial charge in [-0.15, -0.1) is 0 Å². The Morgan fingerprint density at radius 1 is 1.28 bits per heavy atom. The van der Waals surface area contributed by atoms with E-state index in [1.807, 2.05) is 29.8 Å². The van der Waals surface area contributed by atoms with Crippen molar-refractivity contribution in [2.45, 2.75) is 26.1 Å². The molecular formula is C18H21N3O4. The summed E-state index contributed by atoms with van der Waals surface area (Å²) in [5.74, 6) is 1.07. The van der Waals surface area contributed by atoms with Gasteiger partial charge in [-0.05, 0) is 25.1 Å². The first-order chi connectivity index (χ1) is 12.3. The number of hydrogen-bond donors (Lipinski definition) is 0. The fourth-order valence-corrected chi connectivity index (χ4v) is 3.32. The number of amides is 1. The van der Waals surface area contributed by atoms with Crippen LogP contribution in [0.1, 0.15) is 23.0 Å². The highest BCUT2D eigenvalue weighted by Crippen LogP contribution is 2.34. The van der Waals surface area contributed by atoms with Crippen molar-refractivity contribution < 1.29 is 19.0 Å². The maximum absolute atomic E-state index is 13.2. The van der Waals surface area contributed by atoms with Gasteiger partial charge < -0.3 is 19.1 Å². The zero-order valence-electron chi connectivity index (χ0n) is 14.2. The molecule has 132 valence electrons. The van der Waals surface area contributed by atoms with E-state index in [1.165, 1.54) is 0 Å².